The Hall–Kier alpha value is -3.52. The summed E-state index contributed by atoms with van der Waals surface area (Å²) >= 11 is 0. The maximum atomic E-state index is 12.5. The van der Waals surface area contributed by atoms with Crippen LogP contribution in [0.25, 0.3) is 0 Å². The first-order valence-electron chi connectivity index (χ1n) is 8.78. The van der Waals surface area contributed by atoms with Crippen molar-refractivity contribution >= 4 is 33.8 Å². The lowest BCUT2D eigenvalue weighted by molar-refractivity contribution is -0.383. The summed E-state index contributed by atoms with van der Waals surface area (Å²) in [6, 6.07) is 20.6. The minimum absolute atomic E-state index is 0.204. The summed E-state index contributed by atoms with van der Waals surface area (Å²) in [6.45, 7) is 0. The maximum absolute atomic E-state index is 12.5. The molecule has 3 aromatic rings. The minimum atomic E-state index is -1.19. The second-order valence-corrected chi connectivity index (χ2v) is 7.65. The van der Waals surface area contributed by atoms with E-state index < -0.39 is 21.6 Å². The average molecular weight is 409 g/mol. The van der Waals surface area contributed by atoms with Gasteiger partial charge in [-0.25, -0.2) is 0 Å². The largest absolute Gasteiger partial charge is 0.355 e. The summed E-state index contributed by atoms with van der Waals surface area (Å²) < 4.78 is 12.5. The van der Waals surface area contributed by atoms with Crippen molar-refractivity contribution in [3.63, 3.8) is 0 Å². The summed E-state index contributed by atoms with van der Waals surface area (Å²) in [7, 11) is 0.273. The summed E-state index contributed by atoms with van der Waals surface area (Å²) in [5.74, 6) is -0.0675. The molecule has 0 fully saturated rings. The van der Waals surface area contributed by atoms with E-state index >= 15 is 0 Å². The van der Waals surface area contributed by atoms with Gasteiger partial charge in [-0.05, 0) is 42.0 Å². The zero-order chi connectivity index (χ0) is 20.8. The zero-order valence-electron chi connectivity index (χ0n) is 15.6. The van der Waals surface area contributed by atoms with Gasteiger partial charge in [-0.1, -0.05) is 30.3 Å². The lowest BCUT2D eigenvalue weighted by Gasteiger charge is -2.10. The molecule has 1 unspecified atom stereocenters. The minimum Gasteiger partial charge on any atom is -0.355 e. The molecule has 0 bridgehead atoms. The molecular weight excluding hydrogens is 390 g/mol. The Kier molecular flexibility index (Phi) is 6.36. The fourth-order valence-electron chi connectivity index (χ4n) is 2.78. The smallest absolute Gasteiger partial charge is 0.293 e. The van der Waals surface area contributed by atoms with Crippen LogP contribution in [-0.2, 0) is 16.6 Å². The highest BCUT2D eigenvalue weighted by molar-refractivity contribution is 7.84. The van der Waals surface area contributed by atoms with Crippen molar-refractivity contribution in [1.82, 2.24) is 5.32 Å². The van der Waals surface area contributed by atoms with E-state index in [1.54, 1.807) is 18.2 Å². The monoisotopic (exact) mass is 409 g/mol. The molecule has 0 aliphatic carbocycles. The number of benzene rings is 3. The number of amides is 1. The Balaban J connectivity index is 1.82. The Morgan fingerprint density at radius 3 is 2.48 bits per heavy atom. The van der Waals surface area contributed by atoms with Gasteiger partial charge in [0.05, 0.1) is 21.5 Å². The van der Waals surface area contributed by atoms with Gasteiger partial charge in [0.1, 0.15) is 5.69 Å². The van der Waals surface area contributed by atoms with Crippen LogP contribution in [-0.4, -0.2) is 22.1 Å². The molecule has 0 aliphatic heterocycles. The predicted molar refractivity (Wildman–Crippen MR) is 113 cm³/mol. The number of carbonyl (C=O) groups excluding carboxylic acids is 1. The van der Waals surface area contributed by atoms with Crippen LogP contribution in [0.2, 0.25) is 0 Å². The lowest BCUT2D eigenvalue weighted by atomic mass is 10.1. The molecule has 0 spiro atoms. The van der Waals surface area contributed by atoms with E-state index in [0.717, 1.165) is 10.5 Å². The number of anilines is 2. The van der Waals surface area contributed by atoms with E-state index in [4.69, 9.17) is 0 Å². The Morgan fingerprint density at radius 2 is 1.79 bits per heavy atom. The van der Waals surface area contributed by atoms with Crippen molar-refractivity contribution in [2.24, 2.45) is 0 Å². The predicted octanol–water partition coefficient (Wildman–Crippen LogP) is 4.01. The van der Waals surface area contributed by atoms with E-state index in [2.05, 4.69) is 10.6 Å². The Morgan fingerprint density at radius 1 is 1.03 bits per heavy atom. The van der Waals surface area contributed by atoms with Gasteiger partial charge >= 0.3 is 0 Å². The second-order valence-electron chi connectivity index (χ2n) is 6.20. The van der Waals surface area contributed by atoms with Crippen LogP contribution in [0.3, 0.4) is 0 Å². The van der Waals surface area contributed by atoms with Crippen molar-refractivity contribution < 1.29 is 13.9 Å². The highest BCUT2D eigenvalue weighted by atomic mass is 32.2. The normalized spacial score (nSPS) is 11.5. The van der Waals surface area contributed by atoms with E-state index in [1.807, 2.05) is 36.4 Å². The highest BCUT2D eigenvalue weighted by Gasteiger charge is 2.17. The van der Waals surface area contributed by atoms with Gasteiger partial charge < -0.3 is 10.6 Å². The first-order valence-corrected chi connectivity index (χ1v) is 10.1. The molecule has 0 aromatic heterocycles. The van der Waals surface area contributed by atoms with Gasteiger partial charge in [0, 0.05) is 29.3 Å². The number of nitrogens with one attached hydrogen (secondary N) is 2. The van der Waals surface area contributed by atoms with Gasteiger partial charge in [-0.3, -0.25) is 19.1 Å². The topological polar surface area (TPSA) is 101 Å². The van der Waals surface area contributed by atoms with Gasteiger partial charge in [-0.15, -0.1) is 0 Å². The lowest BCUT2D eigenvalue weighted by Crippen LogP contribution is -2.17. The summed E-state index contributed by atoms with van der Waals surface area (Å²) in [4.78, 5) is 23.4. The molecule has 2 N–H and O–H groups in total. The number of hydrogen-bond donors (Lipinski definition) is 2. The number of hydrogen-bond acceptors (Lipinski definition) is 5. The van der Waals surface area contributed by atoms with E-state index in [9.17, 15) is 19.1 Å². The summed E-state index contributed by atoms with van der Waals surface area (Å²) in [5, 5.41) is 16.9. The molecule has 8 heteroatoms. The average Bonchev–Trinajstić information content (AvgIpc) is 2.74. The number of nitro groups is 1. The first kappa shape index (κ1) is 20.2. The van der Waals surface area contributed by atoms with Crippen LogP contribution in [0.5, 0.6) is 0 Å². The van der Waals surface area contributed by atoms with E-state index in [-0.39, 0.29) is 16.9 Å². The van der Waals surface area contributed by atoms with Crippen LogP contribution < -0.4 is 10.6 Å². The molecule has 3 aromatic carbocycles. The van der Waals surface area contributed by atoms with Crippen LogP contribution in [0.15, 0.2) is 77.7 Å². The Labute approximate surface area is 170 Å². The molecule has 0 saturated heterocycles. The number of rotatable bonds is 7. The molecule has 0 aliphatic rings. The molecule has 7 nitrogen and oxygen atoms in total. The van der Waals surface area contributed by atoms with E-state index in [0.29, 0.717) is 11.4 Å². The molecule has 1 atom stereocenters. The molecule has 0 saturated carbocycles. The van der Waals surface area contributed by atoms with E-state index in [1.165, 1.54) is 25.2 Å². The number of nitrogens with zero attached hydrogens (tertiary/aromatic N) is 1. The summed E-state index contributed by atoms with van der Waals surface area (Å²) in [6.07, 6.45) is 0. The molecule has 29 heavy (non-hydrogen) atoms. The standard InChI is InChI=1S/C21H19N3O4S/c1-22-21(25)16-10-11-19(20(13-16)24(26)27)23-17-7-5-6-15(12-17)14-29(28)18-8-3-2-4-9-18/h2-13,23H,14H2,1H3,(H,22,25). The third-order valence-corrected chi connectivity index (χ3v) is 5.59. The molecule has 0 heterocycles. The van der Waals surface area contributed by atoms with Crippen LogP contribution in [0.4, 0.5) is 17.1 Å². The van der Waals surface area contributed by atoms with Crippen LogP contribution >= 0.6 is 0 Å². The van der Waals surface area contributed by atoms with Crippen molar-refractivity contribution in [3.05, 3.63) is 94.0 Å². The number of nitro benzene ring substituents is 1. The van der Waals surface area contributed by atoms with Crippen LogP contribution in [0.1, 0.15) is 15.9 Å². The molecule has 3 rings (SSSR count). The van der Waals surface area contributed by atoms with Gasteiger partial charge in [-0.2, -0.15) is 0 Å². The van der Waals surface area contributed by atoms with Gasteiger partial charge in [0.25, 0.3) is 11.6 Å². The number of carbonyl (C=O) groups is 1. The molecule has 0 radical (unpaired) electrons. The highest BCUT2D eigenvalue weighted by Crippen LogP contribution is 2.29. The SMILES string of the molecule is CNC(=O)c1ccc(Nc2cccc(CS(=O)c3ccccc3)c2)c([N+](=O)[O-])c1. The maximum Gasteiger partial charge on any atom is 0.293 e. The van der Waals surface area contributed by atoms with Crippen molar-refractivity contribution in [3.8, 4) is 0 Å². The fraction of sp³-hybridized carbons (Fsp3) is 0.0952. The first-order chi connectivity index (χ1) is 14.0. The van der Waals surface area contributed by atoms with Crippen LogP contribution in [0, 0.1) is 10.1 Å². The van der Waals surface area contributed by atoms with Crippen molar-refractivity contribution in [2.45, 2.75) is 10.6 Å². The third kappa shape index (κ3) is 5.05. The van der Waals surface area contributed by atoms with Gasteiger partial charge in [0.2, 0.25) is 0 Å². The second kappa shape index (κ2) is 9.11. The molecule has 1 amide bonds. The molecule has 148 valence electrons. The fourth-order valence-corrected chi connectivity index (χ4v) is 3.89. The quantitative estimate of drug-likeness (QED) is 0.454. The third-order valence-electron chi connectivity index (χ3n) is 4.19. The molecular formula is C21H19N3O4S. The Bertz CT molecular complexity index is 1070. The van der Waals surface area contributed by atoms with Gasteiger partial charge in [0.15, 0.2) is 0 Å². The van der Waals surface area contributed by atoms with Crippen molar-refractivity contribution in [2.75, 3.05) is 12.4 Å². The van der Waals surface area contributed by atoms with Crippen molar-refractivity contribution in [1.29, 1.82) is 0 Å². The summed E-state index contributed by atoms with van der Waals surface area (Å²) in [5.41, 5.74) is 1.73. The zero-order valence-corrected chi connectivity index (χ0v) is 16.4.